The summed E-state index contributed by atoms with van der Waals surface area (Å²) in [7, 11) is 0. The van der Waals surface area contributed by atoms with Crippen molar-refractivity contribution in [2.24, 2.45) is 11.8 Å². The molecule has 0 spiro atoms. The molecule has 0 heterocycles. The molecule has 0 bridgehead atoms. The van der Waals surface area contributed by atoms with Gasteiger partial charge in [-0.3, -0.25) is 0 Å². The normalized spacial score (nSPS) is 15.2. The van der Waals surface area contributed by atoms with Crippen LogP contribution in [0.5, 0.6) is 0 Å². The summed E-state index contributed by atoms with van der Waals surface area (Å²) in [6.07, 6.45) is -2.38. The molecule has 2 unspecified atom stereocenters. The van der Waals surface area contributed by atoms with E-state index in [1.807, 2.05) is 0 Å². The highest BCUT2D eigenvalue weighted by Crippen LogP contribution is 2.30. The topological polar surface area (TPSA) is 12.0 Å². The fourth-order valence-corrected chi connectivity index (χ4v) is 2.62. The minimum absolute atomic E-state index is 0.354. The molecule has 0 aliphatic heterocycles. The Morgan fingerprint density at radius 2 is 1.62 bits per heavy atom. The van der Waals surface area contributed by atoms with Crippen LogP contribution in [0.1, 0.15) is 45.2 Å². The fraction of sp³-hybridized carbons (Fsp3) is 0.647. The van der Waals surface area contributed by atoms with Crippen LogP contribution in [-0.4, -0.2) is 12.6 Å². The summed E-state index contributed by atoms with van der Waals surface area (Å²) in [6, 6.07) is 5.91. The van der Waals surface area contributed by atoms with Gasteiger partial charge in [0.15, 0.2) is 0 Å². The highest BCUT2D eigenvalue weighted by molar-refractivity contribution is 5.25. The Bertz CT molecular complexity index is 409. The van der Waals surface area contributed by atoms with Gasteiger partial charge in [0.05, 0.1) is 5.56 Å². The molecule has 0 aliphatic rings. The molecule has 1 aromatic carbocycles. The monoisotopic (exact) mass is 301 g/mol. The van der Waals surface area contributed by atoms with Crippen molar-refractivity contribution in [2.45, 2.75) is 52.8 Å². The summed E-state index contributed by atoms with van der Waals surface area (Å²) in [5.74, 6) is 0.889. The highest BCUT2D eigenvalue weighted by atomic mass is 19.4. The molecule has 1 aromatic rings. The first-order valence-corrected chi connectivity index (χ1v) is 7.65. The molecule has 0 saturated heterocycles. The molecule has 1 rings (SSSR count). The summed E-state index contributed by atoms with van der Waals surface area (Å²) < 4.78 is 37.7. The molecule has 2 atom stereocenters. The van der Waals surface area contributed by atoms with Crippen LogP contribution < -0.4 is 5.32 Å². The maximum Gasteiger partial charge on any atom is 0.416 e. The summed E-state index contributed by atoms with van der Waals surface area (Å²) in [5.41, 5.74) is 0.386. The van der Waals surface area contributed by atoms with Crippen LogP contribution >= 0.6 is 0 Å². The first-order valence-electron chi connectivity index (χ1n) is 7.65. The summed E-state index contributed by atoms with van der Waals surface area (Å²) >= 11 is 0. The van der Waals surface area contributed by atoms with Crippen LogP contribution in [0.3, 0.4) is 0 Å². The molecule has 0 saturated carbocycles. The van der Waals surface area contributed by atoms with Crippen molar-refractivity contribution in [2.75, 3.05) is 6.54 Å². The molecular formula is C17H26F3N. The van der Waals surface area contributed by atoms with Crippen LogP contribution in [0.15, 0.2) is 24.3 Å². The summed E-state index contributed by atoms with van der Waals surface area (Å²) in [4.78, 5) is 0. The van der Waals surface area contributed by atoms with Crippen molar-refractivity contribution in [1.29, 1.82) is 0 Å². The number of rotatable bonds is 7. The lowest BCUT2D eigenvalue weighted by Crippen LogP contribution is -2.37. The Balaban J connectivity index is 2.75. The van der Waals surface area contributed by atoms with Gasteiger partial charge in [-0.25, -0.2) is 0 Å². The van der Waals surface area contributed by atoms with E-state index in [2.05, 4.69) is 33.0 Å². The average Bonchev–Trinajstić information content (AvgIpc) is 2.41. The number of hydrogen-bond acceptors (Lipinski definition) is 1. The van der Waals surface area contributed by atoms with E-state index in [1.54, 1.807) is 12.1 Å². The second-order valence-corrected chi connectivity index (χ2v) is 6.05. The molecule has 4 heteroatoms. The quantitative estimate of drug-likeness (QED) is 0.754. The van der Waals surface area contributed by atoms with Crippen LogP contribution in [0, 0.1) is 11.8 Å². The van der Waals surface area contributed by atoms with Crippen molar-refractivity contribution in [1.82, 2.24) is 5.32 Å². The Labute approximate surface area is 125 Å². The van der Waals surface area contributed by atoms with E-state index < -0.39 is 11.7 Å². The number of hydrogen-bond donors (Lipinski definition) is 1. The van der Waals surface area contributed by atoms with E-state index in [-0.39, 0.29) is 0 Å². The highest BCUT2D eigenvalue weighted by Gasteiger charge is 2.30. The molecule has 0 amide bonds. The first kappa shape index (κ1) is 18.0. The van der Waals surface area contributed by atoms with Crippen molar-refractivity contribution in [3.05, 3.63) is 35.4 Å². The van der Waals surface area contributed by atoms with Crippen LogP contribution in [-0.2, 0) is 12.6 Å². The first-order chi connectivity index (χ1) is 9.75. The molecule has 1 nitrogen and oxygen atoms in total. The van der Waals surface area contributed by atoms with Gasteiger partial charge in [-0.15, -0.1) is 0 Å². The lowest BCUT2D eigenvalue weighted by Gasteiger charge is -2.28. The maximum absolute atomic E-state index is 12.6. The van der Waals surface area contributed by atoms with Crippen LogP contribution in [0.2, 0.25) is 0 Å². The Morgan fingerprint density at radius 1 is 1.05 bits per heavy atom. The van der Waals surface area contributed by atoms with Gasteiger partial charge in [-0.2, -0.15) is 13.2 Å². The van der Waals surface area contributed by atoms with Crippen molar-refractivity contribution in [3.63, 3.8) is 0 Å². The van der Waals surface area contributed by atoms with E-state index in [0.717, 1.165) is 24.9 Å². The smallest absolute Gasteiger partial charge is 0.314 e. The van der Waals surface area contributed by atoms with Crippen LogP contribution in [0.25, 0.3) is 0 Å². The van der Waals surface area contributed by atoms with E-state index in [0.29, 0.717) is 17.9 Å². The number of alkyl halides is 3. The zero-order valence-corrected chi connectivity index (χ0v) is 13.3. The van der Waals surface area contributed by atoms with Gasteiger partial charge in [-0.05, 0) is 55.8 Å². The van der Waals surface area contributed by atoms with Gasteiger partial charge in [0, 0.05) is 6.04 Å². The van der Waals surface area contributed by atoms with Gasteiger partial charge < -0.3 is 5.32 Å². The largest absolute Gasteiger partial charge is 0.416 e. The lowest BCUT2D eigenvalue weighted by molar-refractivity contribution is -0.137. The number of benzene rings is 1. The third-order valence-corrected chi connectivity index (χ3v) is 3.97. The molecular weight excluding hydrogens is 275 g/mol. The zero-order valence-electron chi connectivity index (χ0n) is 13.3. The van der Waals surface area contributed by atoms with Crippen molar-refractivity contribution in [3.8, 4) is 0 Å². The van der Waals surface area contributed by atoms with E-state index >= 15 is 0 Å². The molecule has 0 aromatic heterocycles. The lowest BCUT2D eigenvalue weighted by atomic mass is 9.83. The minimum atomic E-state index is -4.26. The summed E-state index contributed by atoms with van der Waals surface area (Å²) in [5, 5.41) is 3.49. The maximum atomic E-state index is 12.6. The Morgan fingerprint density at radius 3 is 2.05 bits per heavy atom. The fourth-order valence-electron chi connectivity index (χ4n) is 2.62. The van der Waals surface area contributed by atoms with Gasteiger partial charge in [0.2, 0.25) is 0 Å². The number of halogens is 3. The van der Waals surface area contributed by atoms with Gasteiger partial charge >= 0.3 is 6.18 Å². The van der Waals surface area contributed by atoms with E-state index in [1.165, 1.54) is 12.1 Å². The SMILES string of the molecule is CCCNC(C)C(Cc1ccc(C(F)(F)F)cc1)C(C)C. The predicted octanol–water partition coefficient (Wildman–Crippen LogP) is 4.91. The molecule has 21 heavy (non-hydrogen) atoms. The van der Waals surface area contributed by atoms with Gasteiger partial charge in [0.1, 0.15) is 0 Å². The second-order valence-electron chi connectivity index (χ2n) is 6.05. The van der Waals surface area contributed by atoms with E-state index in [9.17, 15) is 13.2 Å². The second kappa shape index (κ2) is 7.83. The third kappa shape index (κ3) is 5.70. The summed E-state index contributed by atoms with van der Waals surface area (Å²) in [6.45, 7) is 9.58. The number of nitrogens with one attached hydrogen (secondary N) is 1. The van der Waals surface area contributed by atoms with Gasteiger partial charge in [-0.1, -0.05) is 32.9 Å². The predicted molar refractivity (Wildman–Crippen MR) is 81.2 cm³/mol. The van der Waals surface area contributed by atoms with Crippen LogP contribution in [0.4, 0.5) is 13.2 Å². The van der Waals surface area contributed by atoms with Gasteiger partial charge in [0.25, 0.3) is 0 Å². The average molecular weight is 301 g/mol. The van der Waals surface area contributed by atoms with Crippen molar-refractivity contribution >= 4 is 0 Å². The van der Waals surface area contributed by atoms with Crippen molar-refractivity contribution < 1.29 is 13.2 Å². The molecule has 0 fully saturated rings. The Hall–Kier alpha value is -1.03. The molecule has 0 aliphatic carbocycles. The molecule has 120 valence electrons. The molecule has 1 N–H and O–H groups in total. The third-order valence-electron chi connectivity index (χ3n) is 3.97. The minimum Gasteiger partial charge on any atom is -0.314 e. The Kier molecular flexibility index (Phi) is 6.72. The van der Waals surface area contributed by atoms with E-state index in [4.69, 9.17) is 0 Å². The zero-order chi connectivity index (χ0) is 16.0. The molecule has 0 radical (unpaired) electrons. The standard InChI is InChI=1S/C17H26F3N/c1-5-10-21-13(4)16(12(2)3)11-14-6-8-15(9-7-14)17(18,19)20/h6-9,12-13,16,21H,5,10-11H2,1-4H3.